The highest BCUT2D eigenvalue weighted by atomic mass is 16.3. The van der Waals surface area contributed by atoms with Crippen LogP contribution in [0.4, 0.5) is 0 Å². The van der Waals surface area contributed by atoms with Crippen molar-refractivity contribution in [2.24, 2.45) is 34.5 Å². The smallest absolute Gasteiger partial charge is 0.190 e. The second-order valence-corrected chi connectivity index (χ2v) is 10.2. The van der Waals surface area contributed by atoms with Crippen LogP contribution in [0, 0.1) is 34.5 Å². The van der Waals surface area contributed by atoms with Crippen molar-refractivity contribution in [1.82, 2.24) is 0 Å². The molecule has 148 valence electrons. The quantitative estimate of drug-likeness (QED) is 0.596. The fraction of sp³-hybridized carbons (Fsp3) is 0.952. The number of aliphatic hydroxyl groups excluding tert-OH is 3. The summed E-state index contributed by atoms with van der Waals surface area (Å²) in [5, 5.41) is 41.9. The van der Waals surface area contributed by atoms with Gasteiger partial charge in [-0.15, -0.1) is 0 Å². The Hall–Kier alpha value is -0.490. The summed E-state index contributed by atoms with van der Waals surface area (Å²) in [5.74, 6) is 0.653. The van der Waals surface area contributed by atoms with E-state index in [9.17, 15) is 25.2 Å². The molecular weight excluding hydrogens is 332 g/mol. The highest BCUT2D eigenvalue weighted by molar-refractivity contribution is 5.89. The van der Waals surface area contributed by atoms with Gasteiger partial charge in [0.05, 0.1) is 12.2 Å². The maximum atomic E-state index is 12.4. The van der Waals surface area contributed by atoms with Crippen molar-refractivity contribution in [2.75, 3.05) is 6.61 Å². The lowest BCUT2D eigenvalue weighted by atomic mass is 9.43. The van der Waals surface area contributed by atoms with Gasteiger partial charge in [0, 0.05) is 5.41 Å². The Balaban J connectivity index is 1.69. The number of fused-ring (bicyclic) bond motifs is 5. The van der Waals surface area contributed by atoms with Gasteiger partial charge in [0.1, 0.15) is 12.2 Å². The van der Waals surface area contributed by atoms with E-state index in [0.29, 0.717) is 24.7 Å². The molecule has 0 radical (unpaired) electrons. The molecule has 0 aromatic rings. The van der Waals surface area contributed by atoms with Crippen LogP contribution in [0.2, 0.25) is 0 Å². The van der Waals surface area contributed by atoms with Crippen LogP contribution in [0.25, 0.3) is 0 Å². The average Bonchev–Trinajstić information content (AvgIpc) is 2.86. The molecule has 0 saturated heterocycles. The maximum absolute atomic E-state index is 12.4. The lowest BCUT2D eigenvalue weighted by molar-refractivity contribution is -0.202. The molecule has 4 fully saturated rings. The van der Waals surface area contributed by atoms with Crippen molar-refractivity contribution in [3.05, 3.63) is 0 Å². The van der Waals surface area contributed by atoms with Gasteiger partial charge in [0.2, 0.25) is 0 Å². The van der Waals surface area contributed by atoms with Gasteiger partial charge in [-0.05, 0) is 80.5 Å². The van der Waals surface area contributed by atoms with Gasteiger partial charge in [-0.1, -0.05) is 13.8 Å². The molecule has 0 spiro atoms. The molecule has 4 rings (SSSR count). The molecule has 0 aromatic heterocycles. The van der Waals surface area contributed by atoms with E-state index in [1.165, 1.54) is 0 Å². The van der Waals surface area contributed by atoms with Crippen molar-refractivity contribution < 1.29 is 25.2 Å². The Morgan fingerprint density at radius 2 is 1.81 bits per heavy atom. The number of hydrogen-bond donors (Lipinski definition) is 4. The molecule has 0 heterocycles. The molecular formula is C21H34O5. The van der Waals surface area contributed by atoms with Gasteiger partial charge >= 0.3 is 0 Å². The number of hydrogen-bond acceptors (Lipinski definition) is 5. The summed E-state index contributed by atoms with van der Waals surface area (Å²) in [6.45, 7) is 3.61. The van der Waals surface area contributed by atoms with Gasteiger partial charge in [-0.2, -0.15) is 0 Å². The number of Topliss-reactive ketones (excluding diaryl/α,β-unsaturated/α-hetero) is 1. The molecule has 0 aliphatic heterocycles. The molecule has 4 saturated carbocycles. The summed E-state index contributed by atoms with van der Waals surface area (Å²) >= 11 is 0. The van der Waals surface area contributed by atoms with Crippen LogP contribution < -0.4 is 0 Å². The summed E-state index contributed by atoms with van der Waals surface area (Å²) in [7, 11) is 0. The van der Waals surface area contributed by atoms with Crippen LogP contribution >= 0.6 is 0 Å². The van der Waals surface area contributed by atoms with E-state index in [1.54, 1.807) is 0 Å². The summed E-state index contributed by atoms with van der Waals surface area (Å²) in [5.41, 5.74) is -2.14. The van der Waals surface area contributed by atoms with Crippen LogP contribution in [0.1, 0.15) is 65.2 Å². The second-order valence-electron chi connectivity index (χ2n) is 10.2. The van der Waals surface area contributed by atoms with Gasteiger partial charge in [0.15, 0.2) is 5.78 Å². The summed E-state index contributed by atoms with van der Waals surface area (Å²) in [6.07, 6.45) is 5.48. The fourth-order valence-electron chi connectivity index (χ4n) is 7.95. The SMILES string of the molecule is C[C@]12CCC(O)C[C@H]1CC[C@@H]1[C@@H]2[C@@H](O)C[C@@]2(C)[C@H]1CC[C@]2(O)C(=O)CO. The zero-order valence-corrected chi connectivity index (χ0v) is 16.0. The van der Waals surface area contributed by atoms with Crippen molar-refractivity contribution >= 4 is 5.78 Å². The number of carbonyl (C=O) groups excluding carboxylic acids is 1. The van der Waals surface area contributed by atoms with Crippen LogP contribution in [-0.2, 0) is 4.79 Å². The minimum Gasteiger partial charge on any atom is -0.393 e. The Labute approximate surface area is 155 Å². The van der Waals surface area contributed by atoms with Gasteiger partial charge in [0.25, 0.3) is 0 Å². The first-order valence-corrected chi connectivity index (χ1v) is 10.4. The third-order valence-corrected chi connectivity index (χ3v) is 9.33. The Kier molecular flexibility index (Phi) is 4.35. The molecule has 1 unspecified atom stereocenters. The zero-order valence-electron chi connectivity index (χ0n) is 16.0. The van der Waals surface area contributed by atoms with Crippen molar-refractivity contribution in [1.29, 1.82) is 0 Å². The molecule has 5 nitrogen and oxygen atoms in total. The van der Waals surface area contributed by atoms with E-state index in [2.05, 4.69) is 6.92 Å². The Morgan fingerprint density at radius 1 is 1.08 bits per heavy atom. The fourth-order valence-corrected chi connectivity index (χ4v) is 7.95. The standard InChI is InChI=1S/C21H34O5/c1-19-7-5-13(23)9-12(19)3-4-14-15-6-8-21(26,17(25)11-22)20(15,2)10-16(24)18(14)19/h12-16,18,22-24,26H,3-11H2,1-2H3/t12-,13?,14+,15+,16+,18-,19+,20+,21+/m1/s1. The van der Waals surface area contributed by atoms with E-state index in [1.807, 2.05) is 6.92 Å². The molecule has 0 aromatic carbocycles. The van der Waals surface area contributed by atoms with Gasteiger partial charge < -0.3 is 20.4 Å². The molecule has 4 aliphatic rings. The average molecular weight is 366 g/mol. The number of rotatable bonds is 2. The second kappa shape index (κ2) is 6.00. The van der Waals surface area contributed by atoms with Gasteiger partial charge in [-0.3, -0.25) is 4.79 Å². The zero-order chi connectivity index (χ0) is 18.9. The number of aliphatic hydroxyl groups is 4. The first kappa shape index (κ1) is 18.9. The van der Waals surface area contributed by atoms with E-state index < -0.39 is 29.5 Å². The Morgan fingerprint density at radius 3 is 2.50 bits per heavy atom. The third-order valence-electron chi connectivity index (χ3n) is 9.33. The molecule has 4 N–H and O–H groups in total. The van der Waals surface area contributed by atoms with Crippen LogP contribution in [0.3, 0.4) is 0 Å². The van der Waals surface area contributed by atoms with E-state index in [0.717, 1.165) is 38.5 Å². The minimum atomic E-state index is -1.52. The topological polar surface area (TPSA) is 98.0 Å². The first-order chi connectivity index (χ1) is 12.2. The maximum Gasteiger partial charge on any atom is 0.190 e. The largest absolute Gasteiger partial charge is 0.393 e. The first-order valence-electron chi connectivity index (χ1n) is 10.4. The van der Waals surface area contributed by atoms with E-state index in [4.69, 9.17) is 0 Å². The molecule has 26 heavy (non-hydrogen) atoms. The summed E-state index contributed by atoms with van der Waals surface area (Å²) in [4.78, 5) is 12.4. The normalized spacial score (nSPS) is 56.4. The van der Waals surface area contributed by atoms with Crippen LogP contribution in [0.5, 0.6) is 0 Å². The molecule has 9 atom stereocenters. The highest BCUT2D eigenvalue weighted by Gasteiger charge is 2.68. The van der Waals surface area contributed by atoms with Crippen molar-refractivity contribution in [3.8, 4) is 0 Å². The monoisotopic (exact) mass is 366 g/mol. The van der Waals surface area contributed by atoms with E-state index in [-0.39, 0.29) is 23.4 Å². The molecule has 0 amide bonds. The van der Waals surface area contributed by atoms with Crippen molar-refractivity contribution in [2.45, 2.75) is 83.0 Å². The van der Waals surface area contributed by atoms with E-state index >= 15 is 0 Å². The predicted molar refractivity (Wildman–Crippen MR) is 96.2 cm³/mol. The lowest BCUT2D eigenvalue weighted by Crippen LogP contribution is -2.63. The molecule has 0 bridgehead atoms. The Bertz CT molecular complexity index is 593. The number of carbonyl (C=O) groups is 1. The highest BCUT2D eigenvalue weighted by Crippen LogP contribution is 2.68. The van der Waals surface area contributed by atoms with Gasteiger partial charge in [-0.25, -0.2) is 0 Å². The third kappa shape index (κ3) is 2.27. The summed E-state index contributed by atoms with van der Waals surface area (Å²) in [6, 6.07) is 0. The van der Waals surface area contributed by atoms with Crippen LogP contribution in [0.15, 0.2) is 0 Å². The lowest BCUT2D eigenvalue weighted by Gasteiger charge is -2.62. The predicted octanol–water partition coefficient (Wildman–Crippen LogP) is 1.65. The molecule has 4 aliphatic carbocycles. The summed E-state index contributed by atoms with van der Waals surface area (Å²) < 4.78 is 0. The van der Waals surface area contributed by atoms with Crippen molar-refractivity contribution in [3.63, 3.8) is 0 Å². The molecule has 5 heteroatoms. The van der Waals surface area contributed by atoms with Crippen LogP contribution in [-0.4, -0.2) is 50.6 Å². The minimum absolute atomic E-state index is 0.0323. The number of ketones is 1.